The second-order valence-electron chi connectivity index (χ2n) is 5.47. The fraction of sp³-hybridized carbons (Fsp3) is 0.0500. The van der Waals surface area contributed by atoms with Gasteiger partial charge in [-0.15, -0.1) is 0 Å². The van der Waals surface area contributed by atoms with Crippen LogP contribution in [0.3, 0.4) is 0 Å². The number of para-hydroxylation sites is 2. The number of nitro groups is 1. The lowest BCUT2D eigenvalue weighted by Gasteiger charge is -2.22. The summed E-state index contributed by atoms with van der Waals surface area (Å²) in [6, 6.07) is 25.9. The van der Waals surface area contributed by atoms with E-state index in [1.54, 1.807) is 12.1 Å². The van der Waals surface area contributed by atoms with Crippen LogP contribution in [0.2, 0.25) is 0 Å². The first kappa shape index (κ1) is 16.4. The summed E-state index contributed by atoms with van der Waals surface area (Å²) in [5.41, 5.74) is 2.67. The largest absolute Gasteiger partial charge is 0.329 e. The summed E-state index contributed by atoms with van der Waals surface area (Å²) in [6.07, 6.45) is 0. The van der Waals surface area contributed by atoms with Gasteiger partial charge in [-0.3, -0.25) is 10.1 Å². The van der Waals surface area contributed by atoms with Gasteiger partial charge < -0.3 is 4.90 Å². The molecule has 124 valence electrons. The van der Waals surface area contributed by atoms with Crippen molar-refractivity contribution in [2.75, 3.05) is 11.9 Å². The maximum atomic E-state index is 10.9. The molecule has 3 aromatic carbocycles. The Bertz CT molecular complexity index is 876. The van der Waals surface area contributed by atoms with E-state index in [9.17, 15) is 10.1 Å². The first-order chi connectivity index (χ1) is 12.1. The fourth-order valence-corrected chi connectivity index (χ4v) is 2.46. The van der Waals surface area contributed by atoms with Crippen LogP contribution in [0.15, 0.2) is 89.9 Å². The van der Waals surface area contributed by atoms with Crippen molar-refractivity contribution in [1.82, 2.24) is 0 Å². The monoisotopic (exact) mass is 331 g/mol. The topological polar surface area (TPSA) is 58.7 Å². The first-order valence-electron chi connectivity index (χ1n) is 7.82. The molecule has 25 heavy (non-hydrogen) atoms. The van der Waals surface area contributed by atoms with E-state index in [2.05, 4.69) is 0 Å². The lowest BCUT2D eigenvalue weighted by atomic mass is 10.1. The van der Waals surface area contributed by atoms with E-state index >= 15 is 0 Å². The number of hydrogen-bond donors (Lipinski definition) is 0. The molecule has 0 spiro atoms. The number of anilines is 1. The van der Waals surface area contributed by atoms with Crippen LogP contribution in [0.1, 0.15) is 5.56 Å². The van der Waals surface area contributed by atoms with Crippen molar-refractivity contribution in [2.24, 2.45) is 4.99 Å². The van der Waals surface area contributed by atoms with Gasteiger partial charge in [0.2, 0.25) is 0 Å². The quantitative estimate of drug-likeness (QED) is 0.298. The molecule has 0 radical (unpaired) electrons. The zero-order valence-corrected chi connectivity index (χ0v) is 13.7. The lowest BCUT2D eigenvalue weighted by Crippen LogP contribution is -2.27. The van der Waals surface area contributed by atoms with Gasteiger partial charge in [-0.2, -0.15) is 0 Å². The lowest BCUT2D eigenvalue weighted by molar-refractivity contribution is -0.384. The summed E-state index contributed by atoms with van der Waals surface area (Å²) in [5, 5.41) is 10.9. The third-order valence-electron chi connectivity index (χ3n) is 3.79. The van der Waals surface area contributed by atoms with Crippen molar-refractivity contribution in [3.05, 3.63) is 101 Å². The fourth-order valence-electron chi connectivity index (χ4n) is 2.46. The van der Waals surface area contributed by atoms with Crippen LogP contribution in [-0.4, -0.2) is 17.8 Å². The minimum atomic E-state index is -0.404. The number of non-ortho nitro benzene ring substituents is 1. The van der Waals surface area contributed by atoms with Crippen molar-refractivity contribution in [3.63, 3.8) is 0 Å². The van der Waals surface area contributed by atoms with Crippen molar-refractivity contribution >= 4 is 22.9 Å². The third kappa shape index (κ3) is 3.90. The molecule has 5 heteroatoms. The van der Waals surface area contributed by atoms with Crippen molar-refractivity contribution < 1.29 is 4.92 Å². The predicted molar refractivity (Wildman–Crippen MR) is 101 cm³/mol. The van der Waals surface area contributed by atoms with Crippen LogP contribution in [0, 0.1) is 10.1 Å². The molecule has 0 bridgehead atoms. The molecule has 0 saturated carbocycles. The van der Waals surface area contributed by atoms with E-state index in [1.807, 2.05) is 72.6 Å². The highest BCUT2D eigenvalue weighted by atomic mass is 16.6. The van der Waals surface area contributed by atoms with Crippen LogP contribution in [0.4, 0.5) is 17.1 Å². The van der Waals surface area contributed by atoms with Crippen LogP contribution in [0.5, 0.6) is 0 Å². The van der Waals surface area contributed by atoms with Gasteiger partial charge in [0, 0.05) is 30.4 Å². The van der Waals surface area contributed by atoms with Crippen molar-refractivity contribution in [2.45, 2.75) is 0 Å². The highest BCUT2D eigenvalue weighted by Gasteiger charge is 2.14. The van der Waals surface area contributed by atoms with Crippen LogP contribution >= 0.6 is 0 Å². The van der Waals surface area contributed by atoms with Gasteiger partial charge in [-0.25, -0.2) is 4.99 Å². The molecule has 0 amide bonds. The van der Waals surface area contributed by atoms with E-state index in [0.717, 1.165) is 16.9 Å². The molecular weight excluding hydrogens is 314 g/mol. The Morgan fingerprint density at radius 3 is 2.00 bits per heavy atom. The Hall–Kier alpha value is -3.47. The molecule has 0 saturated heterocycles. The Balaban J connectivity index is 2.05. The molecule has 0 unspecified atom stereocenters. The van der Waals surface area contributed by atoms with Crippen molar-refractivity contribution in [1.29, 1.82) is 0 Å². The van der Waals surface area contributed by atoms with Crippen LogP contribution < -0.4 is 4.90 Å². The second-order valence-corrected chi connectivity index (χ2v) is 5.47. The summed E-state index contributed by atoms with van der Waals surface area (Å²) in [6.45, 7) is 0. The van der Waals surface area contributed by atoms with Gasteiger partial charge in [-0.05, 0) is 36.4 Å². The van der Waals surface area contributed by atoms with E-state index in [0.29, 0.717) is 5.84 Å². The summed E-state index contributed by atoms with van der Waals surface area (Å²) >= 11 is 0. The molecule has 0 fully saturated rings. The average Bonchev–Trinajstić information content (AvgIpc) is 2.67. The summed E-state index contributed by atoms with van der Waals surface area (Å²) < 4.78 is 0. The molecule has 0 aromatic heterocycles. The summed E-state index contributed by atoms with van der Waals surface area (Å²) in [7, 11) is 1.93. The Kier molecular flexibility index (Phi) is 4.85. The summed E-state index contributed by atoms with van der Waals surface area (Å²) in [4.78, 5) is 17.2. The number of hydrogen-bond acceptors (Lipinski definition) is 3. The average molecular weight is 331 g/mol. The molecule has 0 aliphatic rings. The van der Waals surface area contributed by atoms with E-state index in [4.69, 9.17) is 4.99 Å². The second kappa shape index (κ2) is 7.40. The zero-order valence-electron chi connectivity index (χ0n) is 13.7. The third-order valence-corrected chi connectivity index (χ3v) is 3.79. The predicted octanol–water partition coefficient (Wildman–Crippen LogP) is 4.81. The van der Waals surface area contributed by atoms with Gasteiger partial charge in [-0.1, -0.05) is 36.4 Å². The maximum Gasteiger partial charge on any atom is 0.269 e. The zero-order chi connectivity index (χ0) is 17.6. The van der Waals surface area contributed by atoms with E-state index in [-0.39, 0.29) is 5.69 Å². The number of nitro benzene ring substituents is 1. The van der Waals surface area contributed by atoms with E-state index in [1.165, 1.54) is 12.1 Å². The van der Waals surface area contributed by atoms with Crippen molar-refractivity contribution in [3.8, 4) is 0 Å². The molecule has 0 atom stereocenters. The minimum absolute atomic E-state index is 0.0603. The van der Waals surface area contributed by atoms with Gasteiger partial charge >= 0.3 is 0 Å². The Morgan fingerprint density at radius 2 is 1.44 bits per heavy atom. The highest BCUT2D eigenvalue weighted by Crippen LogP contribution is 2.21. The molecule has 0 N–H and O–H groups in total. The molecular formula is C20H17N3O2. The van der Waals surface area contributed by atoms with Gasteiger partial charge in [0.1, 0.15) is 5.84 Å². The van der Waals surface area contributed by atoms with E-state index < -0.39 is 4.92 Å². The SMILES string of the molecule is CN(C(=Nc1ccccc1)c1ccc([N+](=O)[O-])cc1)c1ccccc1. The molecule has 0 aliphatic carbocycles. The minimum Gasteiger partial charge on any atom is -0.329 e. The molecule has 5 nitrogen and oxygen atoms in total. The van der Waals surface area contributed by atoms with Gasteiger partial charge in [0.05, 0.1) is 10.6 Å². The Labute approximate surface area is 146 Å². The smallest absolute Gasteiger partial charge is 0.269 e. The standard InChI is InChI=1S/C20H17N3O2/c1-22(18-10-6-3-7-11-18)20(21-17-8-4-2-5-9-17)16-12-14-19(15-13-16)23(24)25/h2-15H,1H3. The number of rotatable bonds is 4. The number of amidine groups is 1. The molecule has 0 heterocycles. The highest BCUT2D eigenvalue weighted by molar-refractivity contribution is 6.10. The normalized spacial score (nSPS) is 11.2. The first-order valence-corrected chi connectivity index (χ1v) is 7.82. The maximum absolute atomic E-state index is 10.9. The molecule has 3 aromatic rings. The van der Waals surface area contributed by atoms with Gasteiger partial charge in [0.15, 0.2) is 0 Å². The number of benzene rings is 3. The van der Waals surface area contributed by atoms with Crippen LogP contribution in [0.25, 0.3) is 0 Å². The Morgan fingerprint density at radius 1 is 0.880 bits per heavy atom. The number of nitrogens with zero attached hydrogens (tertiary/aromatic N) is 3. The van der Waals surface area contributed by atoms with Crippen LogP contribution in [-0.2, 0) is 0 Å². The molecule has 0 aliphatic heterocycles. The molecule has 3 rings (SSSR count). The van der Waals surface area contributed by atoms with Gasteiger partial charge in [0.25, 0.3) is 5.69 Å². The number of aliphatic imine (C=N–C) groups is 1. The summed E-state index contributed by atoms with van der Waals surface area (Å²) in [5.74, 6) is 0.715.